The van der Waals surface area contributed by atoms with E-state index in [0.29, 0.717) is 6.61 Å². The molecule has 24 heavy (non-hydrogen) atoms. The van der Waals surface area contributed by atoms with Crippen LogP contribution in [0.25, 0.3) is 0 Å². The lowest BCUT2D eigenvalue weighted by Crippen LogP contribution is -2.34. The third-order valence-electron chi connectivity index (χ3n) is 5.60. The molecular formula is C21H30O3. The van der Waals surface area contributed by atoms with Gasteiger partial charge in [0.05, 0.1) is 6.61 Å². The lowest BCUT2D eigenvalue weighted by molar-refractivity contribution is -0.150. The molecule has 3 nitrogen and oxygen atoms in total. The smallest absolute Gasteiger partial charge is 0.341 e. The second kappa shape index (κ2) is 7.26. The number of hydrogen-bond acceptors (Lipinski definition) is 3. The number of benzene rings is 1. The van der Waals surface area contributed by atoms with Crippen LogP contribution in [-0.4, -0.2) is 18.2 Å². The largest absolute Gasteiger partial charge is 0.463 e. The minimum Gasteiger partial charge on any atom is -0.463 e. The Labute approximate surface area is 145 Å². The number of aryl methyl sites for hydroxylation is 1. The summed E-state index contributed by atoms with van der Waals surface area (Å²) in [4.78, 5) is 12.8. The van der Waals surface area contributed by atoms with Gasteiger partial charge in [0.15, 0.2) is 5.60 Å². The zero-order chi connectivity index (χ0) is 17.0. The van der Waals surface area contributed by atoms with E-state index in [-0.39, 0.29) is 5.97 Å². The normalized spacial score (nSPS) is 28.8. The van der Waals surface area contributed by atoms with E-state index in [1.165, 1.54) is 24.8 Å². The monoisotopic (exact) mass is 330 g/mol. The van der Waals surface area contributed by atoms with Crippen LogP contribution in [0.15, 0.2) is 24.3 Å². The quantitative estimate of drug-likeness (QED) is 0.399. The molecule has 3 rings (SSSR count). The summed E-state index contributed by atoms with van der Waals surface area (Å²) in [6, 6.07) is 8.46. The molecule has 1 saturated carbocycles. The molecule has 0 amide bonds. The molecule has 0 N–H and O–H groups in total. The van der Waals surface area contributed by atoms with E-state index >= 15 is 0 Å². The number of unbranched alkanes of at least 4 members (excludes halogenated alkanes) is 3. The summed E-state index contributed by atoms with van der Waals surface area (Å²) in [5, 5.41) is 0. The fourth-order valence-corrected chi connectivity index (χ4v) is 4.08. The Bertz CT molecular complexity index is 565. The standard InChI is InChI=1S/C21H30O3/c1-3-4-5-9-16-23-19(22)21-15-8-6-7-14-20(21,24-21)18-12-10-17(2)11-13-18/h10-13H,3-9,14-16H2,1-2H3. The highest BCUT2D eigenvalue weighted by Gasteiger charge is 2.75. The van der Waals surface area contributed by atoms with Gasteiger partial charge >= 0.3 is 5.97 Å². The van der Waals surface area contributed by atoms with Gasteiger partial charge in [-0.2, -0.15) is 0 Å². The number of ether oxygens (including phenoxy) is 2. The van der Waals surface area contributed by atoms with Crippen molar-refractivity contribution >= 4 is 5.97 Å². The SMILES string of the molecule is CCCCCCOC(=O)C12CCCCCC1(c1ccc(C)cc1)O2. The second-order valence-corrected chi connectivity index (χ2v) is 7.38. The van der Waals surface area contributed by atoms with Crippen molar-refractivity contribution in [1.82, 2.24) is 0 Å². The average molecular weight is 330 g/mol. The molecule has 1 aliphatic carbocycles. The molecule has 1 aliphatic heterocycles. The fraction of sp³-hybridized carbons (Fsp3) is 0.667. The molecule has 1 aromatic rings. The summed E-state index contributed by atoms with van der Waals surface area (Å²) in [5.74, 6) is -0.138. The third kappa shape index (κ3) is 3.11. The topological polar surface area (TPSA) is 38.8 Å². The number of rotatable bonds is 7. The second-order valence-electron chi connectivity index (χ2n) is 7.38. The molecule has 2 aliphatic rings. The van der Waals surface area contributed by atoms with Crippen molar-refractivity contribution in [3.63, 3.8) is 0 Å². The zero-order valence-electron chi connectivity index (χ0n) is 15.1. The van der Waals surface area contributed by atoms with Crippen LogP contribution in [0.3, 0.4) is 0 Å². The van der Waals surface area contributed by atoms with Crippen molar-refractivity contribution < 1.29 is 14.3 Å². The first-order valence-electron chi connectivity index (χ1n) is 9.59. The van der Waals surface area contributed by atoms with E-state index < -0.39 is 11.2 Å². The van der Waals surface area contributed by atoms with Gasteiger partial charge in [0.25, 0.3) is 0 Å². The van der Waals surface area contributed by atoms with E-state index in [0.717, 1.165) is 44.1 Å². The molecule has 2 atom stereocenters. The molecular weight excluding hydrogens is 300 g/mol. The summed E-state index contributed by atoms with van der Waals surface area (Å²) in [7, 11) is 0. The van der Waals surface area contributed by atoms with Crippen LogP contribution in [0.2, 0.25) is 0 Å². The van der Waals surface area contributed by atoms with Gasteiger partial charge in [-0.3, -0.25) is 0 Å². The van der Waals surface area contributed by atoms with Crippen molar-refractivity contribution in [3.8, 4) is 0 Å². The predicted octanol–water partition coefficient (Wildman–Crippen LogP) is 5.05. The maximum atomic E-state index is 12.8. The Morgan fingerprint density at radius 1 is 1.08 bits per heavy atom. The van der Waals surface area contributed by atoms with Gasteiger partial charge in [-0.05, 0) is 38.2 Å². The fourth-order valence-electron chi connectivity index (χ4n) is 4.08. The number of carbonyl (C=O) groups excluding carboxylic acids is 1. The molecule has 2 fully saturated rings. The average Bonchev–Trinajstić information content (AvgIpc) is 3.26. The highest BCUT2D eigenvalue weighted by molar-refractivity contribution is 5.85. The Kier molecular flexibility index (Phi) is 5.29. The van der Waals surface area contributed by atoms with Crippen LogP contribution in [0, 0.1) is 6.92 Å². The minimum absolute atomic E-state index is 0.138. The lowest BCUT2D eigenvalue weighted by Gasteiger charge is -2.17. The molecule has 132 valence electrons. The molecule has 2 unspecified atom stereocenters. The van der Waals surface area contributed by atoms with Crippen molar-refractivity contribution in [2.45, 2.75) is 82.8 Å². The van der Waals surface area contributed by atoms with Crippen molar-refractivity contribution in [2.75, 3.05) is 6.61 Å². The van der Waals surface area contributed by atoms with E-state index in [4.69, 9.17) is 9.47 Å². The van der Waals surface area contributed by atoms with Gasteiger partial charge in [-0.1, -0.05) is 68.9 Å². The maximum Gasteiger partial charge on any atom is 0.341 e. The molecule has 0 bridgehead atoms. The third-order valence-corrected chi connectivity index (χ3v) is 5.60. The highest BCUT2D eigenvalue weighted by atomic mass is 16.7. The van der Waals surface area contributed by atoms with E-state index in [1.54, 1.807) is 0 Å². The summed E-state index contributed by atoms with van der Waals surface area (Å²) in [6.07, 6.45) is 9.49. The van der Waals surface area contributed by atoms with Gasteiger partial charge in [0.1, 0.15) is 5.60 Å². The van der Waals surface area contributed by atoms with Crippen LogP contribution in [0.1, 0.15) is 75.8 Å². The number of esters is 1. The number of carbonyl (C=O) groups is 1. The summed E-state index contributed by atoms with van der Waals surface area (Å²) >= 11 is 0. The number of epoxide rings is 1. The highest BCUT2D eigenvalue weighted by Crippen LogP contribution is 2.63. The molecule has 1 aromatic carbocycles. The van der Waals surface area contributed by atoms with Gasteiger partial charge in [-0.15, -0.1) is 0 Å². The lowest BCUT2D eigenvalue weighted by atomic mass is 9.82. The molecule has 0 aromatic heterocycles. The number of fused-ring (bicyclic) bond motifs is 1. The molecule has 1 heterocycles. The first-order valence-corrected chi connectivity index (χ1v) is 9.59. The van der Waals surface area contributed by atoms with Crippen LogP contribution >= 0.6 is 0 Å². The van der Waals surface area contributed by atoms with Crippen LogP contribution in [0.5, 0.6) is 0 Å². The number of hydrogen-bond donors (Lipinski definition) is 0. The van der Waals surface area contributed by atoms with Gasteiger partial charge in [0, 0.05) is 0 Å². The van der Waals surface area contributed by atoms with Crippen LogP contribution < -0.4 is 0 Å². The summed E-state index contributed by atoms with van der Waals surface area (Å²) in [5.41, 5.74) is 1.19. The Balaban J connectivity index is 1.72. The van der Waals surface area contributed by atoms with E-state index in [9.17, 15) is 4.79 Å². The minimum atomic E-state index is -0.733. The molecule has 3 heteroatoms. The molecule has 1 saturated heterocycles. The molecule has 0 radical (unpaired) electrons. The predicted molar refractivity (Wildman–Crippen MR) is 94.9 cm³/mol. The van der Waals surface area contributed by atoms with E-state index in [2.05, 4.69) is 38.1 Å². The zero-order valence-corrected chi connectivity index (χ0v) is 15.1. The van der Waals surface area contributed by atoms with Crippen molar-refractivity contribution in [3.05, 3.63) is 35.4 Å². The van der Waals surface area contributed by atoms with Crippen LogP contribution in [-0.2, 0) is 19.9 Å². The summed E-state index contributed by atoms with van der Waals surface area (Å²) < 4.78 is 11.9. The first kappa shape index (κ1) is 17.5. The Morgan fingerprint density at radius 2 is 1.83 bits per heavy atom. The Hall–Kier alpha value is -1.35. The Morgan fingerprint density at radius 3 is 2.58 bits per heavy atom. The van der Waals surface area contributed by atoms with Gasteiger partial charge < -0.3 is 9.47 Å². The van der Waals surface area contributed by atoms with Crippen LogP contribution in [0.4, 0.5) is 0 Å². The van der Waals surface area contributed by atoms with Gasteiger partial charge in [-0.25, -0.2) is 4.79 Å². The first-order chi connectivity index (χ1) is 11.6. The summed E-state index contributed by atoms with van der Waals surface area (Å²) in [6.45, 7) is 4.79. The van der Waals surface area contributed by atoms with Crippen molar-refractivity contribution in [2.24, 2.45) is 0 Å². The van der Waals surface area contributed by atoms with Gasteiger partial charge in [0.2, 0.25) is 0 Å². The molecule has 0 spiro atoms. The van der Waals surface area contributed by atoms with E-state index in [1.807, 2.05) is 0 Å². The maximum absolute atomic E-state index is 12.8. The van der Waals surface area contributed by atoms with Crippen molar-refractivity contribution in [1.29, 1.82) is 0 Å².